The van der Waals surface area contributed by atoms with Gasteiger partial charge in [-0.2, -0.15) is 13.2 Å². The van der Waals surface area contributed by atoms with E-state index in [4.69, 9.17) is 22.1 Å². The number of hydrogen-bond donors (Lipinski definition) is 1. The fourth-order valence-electron chi connectivity index (χ4n) is 1.28. The van der Waals surface area contributed by atoms with Gasteiger partial charge in [-0.15, -0.1) is 0 Å². The Labute approximate surface area is 103 Å². The van der Waals surface area contributed by atoms with Crippen molar-refractivity contribution in [1.82, 2.24) is 0 Å². The SMILES string of the molecule is CC(N)c1cc(Cl)ccc1OCCC(F)(F)F. The molecule has 0 aliphatic rings. The van der Waals surface area contributed by atoms with Crippen LogP contribution in [0.3, 0.4) is 0 Å². The van der Waals surface area contributed by atoms with Crippen LogP contribution in [-0.2, 0) is 0 Å². The number of rotatable bonds is 4. The zero-order valence-electron chi connectivity index (χ0n) is 9.22. The smallest absolute Gasteiger partial charge is 0.392 e. The van der Waals surface area contributed by atoms with Gasteiger partial charge in [0, 0.05) is 16.6 Å². The molecule has 0 spiro atoms. The van der Waals surface area contributed by atoms with Crippen molar-refractivity contribution in [3.05, 3.63) is 28.8 Å². The highest BCUT2D eigenvalue weighted by molar-refractivity contribution is 6.30. The van der Waals surface area contributed by atoms with E-state index in [0.717, 1.165) is 0 Å². The lowest BCUT2D eigenvalue weighted by Gasteiger charge is -2.15. The van der Waals surface area contributed by atoms with Crippen molar-refractivity contribution in [2.24, 2.45) is 5.73 Å². The second kappa shape index (κ2) is 5.60. The van der Waals surface area contributed by atoms with Gasteiger partial charge in [0.05, 0.1) is 13.0 Å². The fraction of sp³-hybridized carbons (Fsp3) is 0.455. The van der Waals surface area contributed by atoms with Crippen LogP contribution in [-0.4, -0.2) is 12.8 Å². The van der Waals surface area contributed by atoms with Crippen molar-refractivity contribution in [3.8, 4) is 5.75 Å². The Bertz CT molecular complexity index is 379. The summed E-state index contributed by atoms with van der Waals surface area (Å²) in [4.78, 5) is 0. The van der Waals surface area contributed by atoms with Gasteiger partial charge in [0.2, 0.25) is 0 Å². The standard InChI is InChI=1S/C11H13ClF3NO/c1-7(16)9-6-8(12)2-3-10(9)17-5-4-11(13,14)15/h2-3,6-7H,4-5,16H2,1H3. The van der Waals surface area contributed by atoms with Crippen LogP contribution >= 0.6 is 11.6 Å². The number of halogens is 4. The van der Waals surface area contributed by atoms with E-state index in [0.29, 0.717) is 16.3 Å². The minimum Gasteiger partial charge on any atom is -0.493 e. The minimum atomic E-state index is -4.22. The van der Waals surface area contributed by atoms with E-state index >= 15 is 0 Å². The minimum absolute atomic E-state index is 0.341. The zero-order valence-corrected chi connectivity index (χ0v) is 9.98. The summed E-state index contributed by atoms with van der Waals surface area (Å²) >= 11 is 5.78. The highest BCUT2D eigenvalue weighted by Gasteiger charge is 2.27. The number of ether oxygens (including phenoxy) is 1. The molecule has 1 atom stereocenters. The Morgan fingerprint density at radius 2 is 2.06 bits per heavy atom. The average Bonchev–Trinajstić information content (AvgIpc) is 2.18. The van der Waals surface area contributed by atoms with E-state index in [9.17, 15) is 13.2 Å². The lowest BCUT2D eigenvalue weighted by atomic mass is 10.1. The molecule has 0 aliphatic carbocycles. The Balaban J connectivity index is 2.70. The van der Waals surface area contributed by atoms with E-state index < -0.39 is 19.2 Å². The summed E-state index contributed by atoms with van der Waals surface area (Å²) in [6, 6.07) is 4.32. The molecule has 1 aromatic rings. The lowest BCUT2D eigenvalue weighted by molar-refractivity contribution is -0.139. The number of nitrogens with two attached hydrogens (primary N) is 1. The van der Waals surface area contributed by atoms with E-state index in [1.165, 1.54) is 6.07 Å². The third-order valence-electron chi connectivity index (χ3n) is 2.11. The van der Waals surface area contributed by atoms with E-state index in [1.807, 2.05) is 0 Å². The van der Waals surface area contributed by atoms with Crippen LogP contribution in [0.25, 0.3) is 0 Å². The van der Waals surface area contributed by atoms with Crippen molar-refractivity contribution in [3.63, 3.8) is 0 Å². The normalized spacial score (nSPS) is 13.5. The Morgan fingerprint density at radius 1 is 1.41 bits per heavy atom. The highest BCUT2D eigenvalue weighted by atomic mass is 35.5. The molecule has 0 bridgehead atoms. The van der Waals surface area contributed by atoms with Gasteiger partial charge < -0.3 is 10.5 Å². The highest BCUT2D eigenvalue weighted by Crippen LogP contribution is 2.28. The summed E-state index contributed by atoms with van der Waals surface area (Å²) in [6.07, 6.45) is -5.21. The molecule has 0 saturated carbocycles. The Morgan fingerprint density at radius 3 is 2.59 bits per heavy atom. The predicted molar refractivity (Wildman–Crippen MR) is 60.2 cm³/mol. The number of alkyl halides is 3. The second-order valence-electron chi connectivity index (χ2n) is 3.68. The molecule has 96 valence electrons. The summed E-state index contributed by atoms with van der Waals surface area (Å²) in [5.74, 6) is 0.341. The molecule has 17 heavy (non-hydrogen) atoms. The molecule has 0 fully saturated rings. The van der Waals surface area contributed by atoms with Crippen LogP contribution < -0.4 is 10.5 Å². The summed E-state index contributed by atoms with van der Waals surface area (Å²) in [5, 5.41) is 0.473. The first-order chi connectivity index (χ1) is 7.79. The van der Waals surface area contributed by atoms with Crippen LogP contribution in [0.5, 0.6) is 5.75 Å². The number of hydrogen-bond acceptors (Lipinski definition) is 2. The maximum atomic E-state index is 12.0. The van der Waals surface area contributed by atoms with Gasteiger partial charge >= 0.3 is 6.18 Å². The molecule has 2 N–H and O–H groups in total. The maximum absolute atomic E-state index is 12.0. The molecule has 0 radical (unpaired) electrons. The van der Waals surface area contributed by atoms with Crippen LogP contribution in [0.4, 0.5) is 13.2 Å². The Kier molecular flexibility index (Phi) is 4.65. The molecule has 1 aromatic carbocycles. The van der Waals surface area contributed by atoms with Crippen LogP contribution in [0.2, 0.25) is 5.02 Å². The average molecular weight is 268 g/mol. The summed E-state index contributed by atoms with van der Waals surface area (Å²) < 4.78 is 40.9. The van der Waals surface area contributed by atoms with Gasteiger partial charge in [-0.25, -0.2) is 0 Å². The molecule has 1 rings (SSSR count). The fourth-order valence-corrected chi connectivity index (χ4v) is 1.46. The quantitative estimate of drug-likeness (QED) is 0.903. The van der Waals surface area contributed by atoms with E-state index in [1.54, 1.807) is 19.1 Å². The van der Waals surface area contributed by atoms with Crippen molar-refractivity contribution >= 4 is 11.6 Å². The van der Waals surface area contributed by atoms with Crippen molar-refractivity contribution in [1.29, 1.82) is 0 Å². The van der Waals surface area contributed by atoms with Gasteiger partial charge in [0.15, 0.2) is 0 Å². The monoisotopic (exact) mass is 267 g/mol. The van der Waals surface area contributed by atoms with Gasteiger partial charge in [-0.1, -0.05) is 11.6 Å². The Hall–Kier alpha value is -0.940. The predicted octanol–water partition coefficient (Wildman–Crippen LogP) is 3.69. The van der Waals surface area contributed by atoms with Crippen molar-refractivity contribution in [2.45, 2.75) is 25.6 Å². The third-order valence-corrected chi connectivity index (χ3v) is 2.34. The van der Waals surface area contributed by atoms with Gasteiger partial charge in [0.25, 0.3) is 0 Å². The first kappa shape index (κ1) is 14.1. The topological polar surface area (TPSA) is 35.2 Å². The molecule has 2 nitrogen and oxygen atoms in total. The first-order valence-corrected chi connectivity index (χ1v) is 5.42. The third kappa shape index (κ3) is 4.83. The number of benzene rings is 1. The summed E-state index contributed by atoms with van der Waals surface area (Å²) in [5.41, 5.74) is 6.28. The summed E-state index contributed by atoms with van der Waals surface area (Å²) in [6.45, 7) is 1.28. The molecule has 0 heterocycles. The first-order valence-electron chi connectivity index (χ1n) is 5.04. The van der Waals surface area contributed by atoms with Crippen LogP contribution in [0.15, 0.2) is 18.2 Å². The molecule has 0 saturated heterocycles. The molecule has 6 heteroatoms. The molecule has 0 amide bonds. The molecule has 0 aromatic heterocycles. The second-order valence-corrected chi connectivity index (χ2v) is 4.12. The zero-order chi connectivity index (χ0) is 13.1. The molecule has 0 aliphatic heterocycles. The molecule has 1 unspecified atom stereocenters. The molecular formula is C11H13ClF3NO. The van der Waals surface area contributed by atoms with Gasteiger partial charge in [-0.05, 0) is 25.1 Å². The van der Waals surface area contributed by atoms with Crippen molar-refractivity contribution in [2.75, 3.05) is 6.61 Å². The maximum Gasteiger partial charge on any atom is 0.392 e. The van der Waals surface area contributed by atoms with Gasteiger partial charge in [0.1, 0.15) is 5.75 Å². The van der Waals surface area contributed by atoms with E-state index in [2.05, 4.69) is 0 Å². The summed E-state index contributed by atoms with van der Waals surface area (Å²) in [7, 11) is 0. The largest absolute Gasteiger partial charge is 0.493 e. The van der Waals surface area contributed by atoms with Crippen LogP contribution in [0, 0.1) is 0 Å². The lowest BCUT2D eigenvalue weighted by Crippen LogP contribution is -2.14. The van der Waals surface area contributed by atoms with Crippen LogP contribution in [0.1, 0.15) is 24.9 Å². The van der Waals surface area contributed by atoms with Crippen molar-refractivity contribution < 1.29 is 17.9 Å². The van der Waals surface area contributed by atoms with E-state index in [-0.39, 0.29) is 6.04 Å². The van der Waals surface area contributed by atoms with Gasteiger partial charge in [-0.3, -0.25) is 0 Å². The molecular weight excluding hydrogens is 255 g/mol.